The van der Waals surface area contributed by atoms with Crippen molar-refractivity contribution in [2.75, 3.05) is 20.2 Å². The molecule has 5 heteroatoms. The number of carbonyl (C=O) groups is 1. The third-order valence-electron chi connectivity index (χ3n) is 4.40. The molecule has 1 aromatic rings. The van der Waals surface area contributed by atoms with Crippen LogP contribution in [0.3, 0.4) is 0 Å². The first-order valence-corrected chi connectivity index (χ1v) is 7.35. The monoisotopic (exact) mass is 294 g/mol. The molecule has 0 heterocycles. The van der Waals surface area contributed by atoms with E-state index in [0.717, 1.165) is 24.8 Å². The number of rotatable bonds is 7. The van der Waals surface area contributed by atoms with Crippen molar-refractivity contribution < 1.29 is 13.9 Å². The van der Waals surface area contributed by atoms with Crippen LogP contribution in [0, 0.1) is 5.82 Å². The zero-order chi connectivity index (χ0) is 15.3. The number of hydrogen-bond acceptors (Lipinski definition) is 3. The van der Waals surface area contributed by atoms with E-state index in [1.807, 2.05) is 12.1 Å². The quantitative estimate of drug-likeness (QED) is 0.805. The van der Waals surface area contributed by atoms with Crippen LogP contribution in [-0.2, 0) is 14.9 Å². The van der Waals surface area contributed by atoms with Crippen LogP contribution in [0.25, 0.3) is 0 Å². The Labute approximate surface area is 124 Å². The second-order valence-corrected chi connectivity index (χ2v) is 5.72. The van der Waals surface area contributed by atoms with Gasteiger partial charge in [-0.25, -0.2) is 4.39 Å². The molecule has 1 aliphatic rings. The van der Waals surface area contributed by atoms with Crippen molar-refractivity contribution in [3.63, 3.8) is 0 Å². The normalized spacial score (nSPS) is 17.9. The molecule has 1 aromatic carbocycles. The SMILES string of the molecule is COC(CN)CC(=O)NCC1(c2ccc(F)cc2)CCC1. The van der Waals surface area contributed by atoms with Gasteiger partial charge >= 0.3 is 0 Å². The number of halogens is 1. The van der Waals surface area contributed by atoms with Crippen molar-refractivity contribution in [3.8, 4) is 0 Å². The van der Waals surface area contributed by atoms with Gasteiger partial charge < -0.3 is 15.8 Å². The largest absolute Gasteiger partial charge is 0.380 e. The Bertz CT molecular complexity index is 468. The molecular weight excluding hydrogens is 271 g/mol. The van der Waals surface area contributed by atoms with Gasteiger partial charge in [-0.3, -0.25) is 4.79 Å². The van der Waals surface area contributed by atoms with Crippen molar-refractivity contribution >= 4 is 5.91 Å². The van der Waals surface area contributed by atoms with Crippen LogP contribution in [-0.4, -0.2) is 32.2 Å². The van der Waals surface area contributed by atoms with Crippen molar-refractivity contribution in [2.45, 2.75) is 37.2 Å². The minimum atomic E-state index is -0.242. The van der Waals surface area contributed by atoms with Crippen molar-refractivity contribution in [1.82, 2.24) is 5.32 Å². The Morgan fingerprint density at radius 1 is 1.43 bits per heavy atom. The molecule has 2 rings (SSSR count). The highest BCUT2D eigenvalue weighted by molar-refractivity contribution is 5.76. The second-order valence-electron chi connectivity index (χ2n) is 5.72. The highest BCUT2D eigenvalue weighted by Crippen LogP contribution is 2.43. The Morgan fingerprint density at radius 3 is 2.57 bits per heavy atom. The standard InChI is InChI=1S/C16H23FN2O2/c1-21-14(10-18)9-15(20)19-11-16(7-2-8-16)12-3-5-13(17)6-4-12/h3-6,14H,2,7-11,18H2,1H3,(H,19,20). The average Bonchev–Trinajstić information content (AvgIpc) is 2.45. The van der Waals surface area contributed by atoms with Gasteiger partial charge in [0.15, 0.2) is 0 Å². The fourth-order valence-electron chi connectivity index (χ4n) is 2.78. The number of amides is 1. The van der Waals surface area contributed by atoms with E-state index in [1.54, 1.807) is 7.11 Å². The van der Waals surface area contributed by atoms with E-state index in [9.17, 15) is 9.18 Å². The maximum atomic E-state index is 13.0. The first-order chi connectivity index (χ1) is 10.1. The summed E-state index contributed by atoms with van der Waals surface area (Å²) < 4.78 is 18.1. The predicted octanol–water partition coefficient (Wildman–Crippen LogP) is 1.73. The summed E-state index contributed by atoms with van der Waals surface area (Å²) in [6.45, 7) is 0.908. The van der Waals surface area contributed by atoms with E-state index >= 15 is 0 Å². The summed E-state index contributed by atoms with van der Waals surface area (Å²) in [7, 11) is 1.55. The summed E-state index contributed by atoms with van der Waals surface area (Å²) in [5.41, 5.74) is 6.56. The lowest BCUT2D eigenvalue weighted by Crippen LogP contribution is -2.46. The molecule has 1 unspecified atom stereocenters. The van der Waals surface area contributed by atoms with Gasteiger partial charge in [0.1, 0.15) is 5.82 Å². The Morgan fingerprint density at radius 2 is 2.10 bits per heavy atom. The molecule has 4 nitrogen and oxygen atoms in total. The molecule has 1 saturated carbocycles. The summed E-state index contributed by atoms with van der Waals surface area (Å²) >= 11 is 0. The lowest BCUT2D eigenvalue weighted by Gasteiger charge is -2.42. The Kier molecular flexibility index (Phi) is 5.31. The highest BCUT2D eigenvalue weighted by Gasteiger charge is 2.38. The molecule has 3 N–H and O–H groups in total. The van der Waals surface area contributed by atoms with E-state index in [1.165, 1.54) is 12.1 Å². The van der Waals surface area contributed by atoms with Gasteiger partial charge in [0, 0.05) is 25.6 Å². The summed E-state index contributed by atoms with van der Waals surface area (Å²) in [4.78, 5) is 11.9. The Hall–Kier alpha value is -1.46. The third-order valence-corrected chi connectivity index (χ3v) is 4.40. The van der Waals surface area contributed by atoms with Crippen molar-refractivity contribution in [1.29, 1.82) is 0 Å². The lowest BCUT2D eigenvalue weighted by atomic mass is 9.64. The number of carbonyl (C=O) groups excluding carboxylic acids is 1. The smallest absolute Gasteiger partial charge is 0.222 e. The van der Waals surface area contributed by atoms with E-state index in [-0.39, 0.29) is 29.7 Å². The molecule has 21 heavy (non-hydrogen) atoms. The molecule has 0 saturated heterocycles. The average molecular weight is 294 g/mol. The molecule has 116 valence electrons. The number of ether oxygens (including phenoxy) is 1. The highest BCUT2D eigenvalue weighted by atomic mass is 19.1. The minimum absolute atomic E-state index is 0.0470. The van der Waals surface area contributed by atoms with Crippen LogP contribution in [0.5, 0.6) is 0 Å². The number of methoxy groups -OCH3 is 1. The topological polar surface area (TPSA) is 64.3 Å². The number of benzene rings is 1. The van der Waals surface area contributed by atoms with Gasteiger partial charge in [-0.15, -0.1) is 0 Å². The summed E-state index contributed by atoms with van der Waals surface area (Å²) in [5.74, 6) is -0.288. The number of nitrogens with two attached hydrogens (primary N) is 1. The van der Waals surface area contributed by atoms with Crippen LogP contribution < -0.4 is 11.1 Å². The second kappa shape index (κ2) is 7.00. The van der Waals surface area contributed by atoms with E-state index < -0.39 is 0 Å². The fourth-order valence-corrected chi connectivity index (χ4v) is 2.78. The van der Waals surface area contributed by atoms with Gasteiger partial charge in [-0.05, 0) is 30.5 Å². The summed E-state index contributed by atoms with van der Waals surface area (Å²) in [5, 5.41) is 2.97. The maximum absolute atomic E-state index is 13.0. The van der Waals surface area contributed by atoms with Gasteiger partial charge in [-0.2, -0.15) is 0 Å². The van der Waals surface area contributed by atoms with E-state index in [0.29, 0.717) is 13.1 Å². The molecule has 1 aliphatic carbocycles. The van der Waals surface area contributed by atoms with E-state index in [4.69, 9.17) is 10.5 Å². The molecular formula is C16H23FN2O2. The molecule has 1 fully saturated rings. The van der Waals surface area contributed by atoms with Crippen LogP contribution in [0.1, 0.15) is 31.2 Å². The van der Waals surface area contributed by atoms with Gasteiger partial charge in [0.25, 0.3) is 0 Å². The molecule has 0 aliphatic heterocycles. The lowest BCUT2D eigenvalue weighted by molar-refractivity contribution is -0.123. The third kappa shape index (κ3) is 3.80. The molecule has 1 atom stereocenters. The van der Waals surface area contributed by atoms with Crippen LogP contribution in [0.4, 0.5) is 4.39 Å². The Balaban J connectivity index is 1.93. The van der Waals surface area contributed by atoms with Gasteiger partial charge in [0.2, 0.25) is 5.91 Å². The zero-order valence-corrected chi connectivity index (χ0v) is 12.4. The molecule has 0 bridgehead atoms. The van der Waals surface area contributed by atoms with E-state index in [2.05, 4.69) is 5.32 Å². The zero-order valence-electron chi connectivity index (χ0n) is 12.4. The fraction of sp³-hybridized carbons (Fsp3) is 0.562. The predicted molar refractivity (Wildman–Crippen MR) is 79.4 cm³/mol. The number of hydrogen-bond donors (Lipinski definition) is 2. The molecule has 0 aromatic heterocycles. The summed E-state index contributed by atoms with van der Waals surface area (Å²) in [6.07, 6.45) is 3.20. The van der Waals surface area contributed by atoms with Gasteiger partial charge in [-0.1, -0.05) is 18.6 Å². The number of nitrogens with one attached hydrogen (secondary N) is 1. The van der Waals surface area contributed by atoms with Crippen LogP contribution in [0.15, 0.2) is 24.3 Å². The van der Waals surface area contributed by atoms with Crippen LogP contribution in [0.2, 0.25) is 0 Å². The first-order valence-electron chi connectivity index (χ1n) is 7.35. The maximum Gasteiger partial charge on any atom is 0.222 e. The van der Waals surface area contributed by atoms with Crippen molar-refractivity contribution in [2.24, 2.45) is 5.73 Å². The van der Waals surface area contributed by atoms with Crippen molar-refractivity contribution in [3.05, 3.63) is 35.6 Å². The first kappa shape index (κ1) is 15.9. The van der Waals surface area contributed by atoms with Gasteiger partial charge in [0.05, 0.1) is 12.5 Å². The molecule has 0 radical (unpaired) electrons. The van der Waals surface area contributed by atoms with Crippen LogP contribution >= 0.6 is 0 Å². The molecule has 0 spiro atoms. The summed E-state index contributed by atoms with van der Waals surface area (Å²) in [6, 6.07) is 6.59. The minimum Gasteiger partial charge on any atom is -0.380 e. The molecule has 1 amide bonds.